The molecule has 0 aromatic rings. The average molecular weight is 142 g/mol. The Morgan fingerprint density at radius 1 is 1.70 bits per heavy atom. The van der Waals surface area contributed by atoms with Gasteiger partial charge in [0.2, 0.25) is 0 Å². The van der Waals surface area contributed by atoms with Crippen LogP contribution in [0.3, 0.4) is 0 Å². The summed E-state index contributed by atoms with van der Waals surface area (Å²) >= 11 is 0. The third kappa shape index (κ3) is 2.10. The largest absolute Gasteiger partial charge is 0.370 e. The minimum absolute atomic E-state index is 0.205. The van der Waals surface area contributed by atoms with Crippen molar-refractivity contribution >= 4 is 6.29 Å². The van der Waals surface area contributed by atoms with Crippen molar-refractivity contribution in [2.24, 2.45) is 5.92 Å². The van der Waals surface area contributed by atoms with Crippen LogP contribution in [-0.2, 0) is 9.53 Å². The van der Waals surface area contributed by atoms with Crippen LogP contribution in [0.5, 0.6) is 0 Å². The summed E-state index contributed by atoms with van der Waals surface area (Å²) in [7, 11) is 0. The molecule has 58 valence electrons. The Balaban J connectivity index is 2.00. The molecule has 1 fully saturated rings. The Kier molecular flexibility index (Phi) is 2.44. The molecule has 1 heterocycles. The van der Waals surface area contributed by atoms with Gasteiger partial charge >= 0.3 is 0 Å². The summed E-state index contributed by atoms with van der Waals surface area (Å²) in [4.78, 5) is 10.2. The van der Waals surface area contributed by atoms with E-state index in [1.807, 2.05) is 6.92 Å². The summed E-state index contributed by atoms with van der Waals surface area (Å²) in [5.41, 5.74) is 0. The Morgan fingerprint density at radius 3 is 2.70 bits per heavy atom. The number of epoxide rings is 1. The van der Waals surface area contributed by atoms with Gasteiger partial charge < -0.3 is 9.53 Å². The average Bonchev–Trinajstić information content (AvgIpc) is 2.61. The van der Waals surface area contributed by atoms with Crippen molar-refractivity contribution in [2.75, 3.05) is 0 Å². The smallest absolute Gasteiger partial charge is 0.122 e. The van der Waals surface area contributed by atoms with E-state index in [1.54, 1.807) is 0 Å². The molecule has 0 aliphatic carbocycles. The van der Waals surface area contributed by atoms with Crippen molar-refractivity contribution < 1.29 is 9.53 Å². The van der Waals surface area contributed by atoms with Crippen LogP contribution in [-0.4, -0.2) is 18.5 Å². The van der Waals surface area contributed by atoms with Crippen LogP contribution in [0.2, 0.25) is 0 Å². The predicted molar refractivity (Wildman–Crippen MR) is 38.8 cm³/mol. The summed E-state index contributed by atoms with van der Waals surface area (Å²) < 4.78 is 5.20. The minimum Gasteiger partial charge on any atom is -0.370 e. The Labute approximate surface area is 61.6 Å². The molecule has 2 heteroatoms. The number of hydrogen-bond donors (Lipinski definition) is 0. The van der Waals surface area contributed by atoms with Gasteiger partial charge in [0, 0.05) is 5.92 Å². The van der Waals surface area contributed by atoms with E-state index in [0.717, 1.165) is 19.1 Å². The van der Waals surface area contributed by atoms with Crippen molar-refractivity contribution in [1.82, 2.24) is 0 Å². The first kappa shape index (κ1) is 7.73. The van der Waals surface area contributed by atoms with Gasteiger partial charge in [0.1, 0.15) is 6.29 Å². The topological polar surface area (TPSA) is 29.6 Å². The molecule has 3 atom stereocenters. The van der Waals surface area contributed by atoms with Crippen molar-refractivity contribution in [3.63, 3.8) is 0 Å². The van der Waals surface area contributed by atoms with Crippen LogP contribution in [0.15, 0.2) is 0 Å². The van der Waals surface area contributed by atoms with Gasteiger partial charge in [-0.1, -0.05) is 6.92 Å². The number of rotatable bonds is 4. The van der Waals surface area contributed by atoms with Gasteiger partial charge in [-0.3, -0.25) is 0 Å². The molecule has 0 saturated carbocycles. The van der Waals surface area contributed by atoms with E-state index in [2.05, 4.69) is 6.92 Å². The highest BCUT2D eigenvalue weighted by Crippen LogP contribution is 2.26. The Bertz CT molecular complexity index is 122. The summed E-state index contributed by atoms with van der Waals surface area (Å²) in [6.07, 6.45) is 3.91. The normalized spacial score (nSPS) is 33.4. The first-order valence-electron chi connectivity index (χ1n) is 3.84. The van der Waals surface area contributed by atoms with E-state index in [0.29, 0.717) is 12.2 Å². The molecule has 3 unspecified atom stereocenters. The zero-order valence-corrected chi connectivity index (χ0v) is 6.54. The molecule has 0 aromatic heterocycles. The molecule has 0 N–H and O–H groups in total. The van der Waals surface area contributed by atoms with Gasteiger partial charge in [-0.05, 0) is 19.8 Å². The van der Waals surface area contributed by atoms with Gasteiger partial charge in [0.25, 0.3) is 0 Å². The molecule has 10 heavy (non-hydrogen) atoms. The number of hydrogen-bond acceptors (Lipinski definition) is 2. The lowest BCUT2D eigenvalue weighted by atomic mass is 10.1. The molecule has 0 aromatic carbocycles. The molecule has 2 nitrogen and oxygen atoms in total. The molecule has 0 amide bonds. The van der Waals surface area contributed by atoms with Crippen LogP contribution in [0, 0.1) is 5.92 Å². The van der Waals surface area contributed by atoms with Gasteiger partial charge in [-0.25, -0.2) is 0 Å². The molecule has 0 bridgehead atoms. The molecule has 1 aliphatic rings. The van der Waals surface area contributed by atoms with Crippen LogP contribution in [0.1, 0.15) is 26.7 Å². The fraction of sp³-hybridized carbons (Fsp3) is 0.875. The second kappa shape index (κ2) is 3.15. The van der Waals surface area contributed by atoms with Gasteiger partial charge in [-0.15, -0.1) is 0 Å². The minimum atomic E-state index is 0.205. The molecule has 1 aliphatic heterocycles. The highest BCUT2D eigenvalue weighted by atomic mass is 16.6. The maximum absolute atomic E-state index is 10.2. The molecule has 1 saturated heterocycles. The number of carbonyl (C=O) groups excluding carboxylic acids is 1. The van der Waals surface area contributed by atoms with Crippen LogP contribution in [0.25, 0.3) is 0 Å². The number of aldehydes is 1. The van der Waals surface area contributed by atoms with E-state index in [-0.39, 0.29) is 5.92 Å². The molecular formula is C8H14O2. The second-order valence-electron chi connectivity index (χ2n) is 3.07. The van der Waals surface area contributed by atoms with Crippen molar-refractivity contribution in [1.29, 1.82) is 0 Å². The zero-order chi connectivity index (χ0) is 7.56. The quantitative estimate of drug-likeness (QED) is 0.438. The van der Waals surface area contributed by atoms with Crippen molar-refractivity contribution in [3.8, 4) is 0 Å². The Morgan fingerprint density at radius 2 is 2.30 bits per heavy atom. The van der Waals surface area contributed by atoms with Crippen LogP contribution in [0.4, 0.5) is 0 Å². The third-order valence-corrected chi connectivity index (χ3v) is 1.98. The fourth-order valence-corrected chi connectivity index (χ4v) is 1.03. The predicted octanol–water partition coefficient (Wildman–Crippen LogP) is 1.39. The highest BCUT2D eigenvalue weighted by Gasteiger charge is 2.33. The molecule has 0 spiro atoms. The SMILES string of the molecule is CC(C=O)CCC1OC1C. The molecule has 0 radical (unpaired) electrons. The standard InChI is InChI=1S/C8H14O2/c1-6(5-9)3-4-8-7(2)10-8/h5-8H,3-4H2,1-2H3. The molecule has 1 rings (SSSR count). The van der Waals surface area contributed by atoms with Crippen molar-refractivity contribution in [2.45, 2.75) is 38.9 Å². The maximum Gasteiger partial charge on any atom is 0.122 e. The van der Waals surface area contributed by atoms with Gasteiger partial charge in [0.15, 0.2) is 0 Å². The third-order valence-electron chi connectivity index (χ3n) is 1.98. The summed E-state index contributed by atoms with van der Waals surface area (Å²) in [6.45, 7) is 4.01. The van der Waals surface area contributed by atoms with Gasteiger partial charge in [-0.2, -0.15) is 0 Å². The summed E-state index contributed by atoms with van der Waals surface area (Å²) in [6, 6.07) is 0. The lowest BCUT2D eigenvalue weighted by Crippen LogP contribution is -1.98. The van der Waals surface area contributed by atoms with E-state index in [4.69, 9.17) is 4.74 Å². The van der Waals surface area contributed by atoms with E-state index in [9.17, 15) is 4.79 Å². The van der Waals surface area contributed by atoms with Crippen LogP contribution < -0.4 is 0 Å². The van der Waals surface area contributed by atoms with Crippen molar-refractivity contribution in [3.05, 3.63) is 0 Å². The van der Waals surface area contributed by atoms with E-state index >= 15 is 0 Å². The first-order valence-corrected chi connectivity index (χ1v) is 3.84. The summed E-state index contributed by atoms with van der Waals surface area (Å²) in [5, 5.41) is 0. The highest BCUT2D eigenvalue weighted by molar-refractivity contribution is 5.52. The van der Waals surface area contributed by atoms with E-state index < -0.39 is 0 Å². The summed E-state index contributed by atoms with van der Waals surface area (Å²) in [5.74, 6) is 0.205. The lowest BCUT2D eigenvalue weighted by molar-refractivity contribution is -0.110. The number of ether oxygens (including phenoxy) is 1. The monoisotopic (exact) mass is 142 g/mol. The van der Waals surface area contributed by atoms with E-state index in [1.165, 1.54) is 0 Å². The molecular weight excluding hydrogens is 128 g/mol. The zero-order valence-electron chi connectivity index (χ0n) is 6.54. The lowest BCUT2D eigenvalue weighted by Gasteiger charge is -1.98. The number of carbonyl (C=O) groups is 1. The maximum atomic E-state index is 10.2. The fourth-order valence-electron chi connectivity index (χ4n) is 1.03. The Hall–Kier alpha value is -0.370. The second-order valence-corrected chi connectivity index (χ2v) is 3.07. The van der Waals surface area contributed by atoms with Gasteiger partial charge in [0.05, 0.1) is 12.2 Å². The first-order chi connectivity index (χ1) is 4.74. The van der Waals surface area contributed by atoms with Crippen LogP contribution >= 0.6 is 0 Å².